The minimum absolute atomic E-state index is 0.0326. The van der Waals surface area contributed by atoms with Gasteiger partial charge in [-0.3, -0.25) is 0 Å². The van der Waals surface area contributed by atoms with Crippen LogP contribution in [0.25, 0.3) is 0 Å². The summed E-state index contributed by atoms with van der Waals surface area (Å²) in [4.78, 5) is -2.09. The molecule has 0 saturated heterocycles. The van der Waals surface area contributed by atoms with Gasteiger partial charge in [0.2, 0.25) is 5.79 Å². The summed E-state index contributed by atoms with van der Waals surface area (Å²) in [7, 11) is 0. The Labute approximate surface area is 139 Å². The second-order valence-corrected chi connectivity index (χ2v) is 7.28. The molecule has 2 nitrogen and oxygen atoms in total. The Morgan fingerprint density at radius 1 is 1.10 bits per heavy atom. The van der Waals surface area contributed by atoms with E-state index < -0.39 is 15.5 Å². The molecule has 0 aliphatic heterocycles. The van der Waals surface area contributed by atoms with Crippen molar-refractivity contribution < 1.29 is 9.47 Å². The van der Waals surface area contributed by atoms with Crippen molar-refractivity contribution in [1.82, 2.24) is 0 Å². The third-order valence-electron chi connectivity index (χ3n) is 4.62. The Hall–Kier alpha value is 0.560. The van der Waals surface area contributed by atoms with E-state index >= 15 is 0 Å². The summed E-state index contributed by atoms with van der Waals surface area (Å²) < 4.78 is 11.9. The first-order valence-electron chi connectivity index (χ1n) is 6.80. The molecule has 0 aromatic heterocycles. The molecule has 0 amide bonds. The molecule has 0 radical (unpaired) electrons. The molecule has 6 heteroatoms. The summed E-state index contributed by atoms with van der Waals surface area (Å²) in [6, 6.07) is 0. The zero-order chi connectivity index (χ0) is 14.8. The van der Waals surface area contributed by atoms with Gasteiger partial charge in [-0.2, -0.15) is 0 Å². The van der Waals surface area contributed by atoms with Crippen molar-refractivity contribution in [3.8, 4) is 0 Å². The lowest BCUT2D eigenvalue weighted by Gasteiger charge is -2.43. The number of ether oxygens (including phenoxy) is 2. The molecule has 4 atom stereocenters. The number of halogens is 4. The summed E-state index contributed by atoms with van der Waals surface area (Å²) in [6.45, 7) is 4.60. The topological polar surface area (TPSA) is 18.5 Å². The van der Waals surface area contributed by atoms with E-state index in [1.807, 2.05) is 13.8 Å². The standard InChI is InChI=1S/C14H16Cl4O2/c1-3-19-14(20-4-2)12(17)8-6-5-7-9(8)13(14,18)11(16)10(12)15/h5-6,8-9H,3-4,7H2,1-2H3/t8-,9+,12-,13-/m0/s1. The monoisotopic (exact) mass is 356 g/mol. The molecule has 3 aliphatic rings. The summed E-state index contributed by atoms with van der Waals surface area (Å²) in [5, 5.41) is 0.716. The van der Waals surface area contributed by atoms with Crippen LogP contribution in [-0.2, 0) is 9.47 Å². The van der Waals surface area contributed by atoms with Crippen molar-refractivity contribution >= 4 is 46.4 Å². The molecule has 3 rings (SSSR count). The zero-order valence-corrected chi connectivity index (χ0v) is 14.3. The molecule has 0 heterocycles. The summed E-state index contributed by atoms with van der Waals surface area (Å²) in [5.41, 5.74) is 0. The lowest BCUT2D eigenvalue weighted by Crippen LogP contribution is -2.58. The van der Waals surface area contributed by atoms with Crippen molar-refractivity contribution in [1.29, 1.82) is 0 Å². The minimum Gasteiger partial charge on any atom is -0.346 e. The number of allylic oxidation sites excluding steroid dienone is 2. The molecule has 1 fully saturated rings. The van der Waals surface area contributed by atoms with E-state index in [1.165, 1.54) is 0 Å². The van der Waals surface area contributed by atoms with E-state index in [2.05, 4.69) is 12.2 Å². The lowest BCUT2D eigenvalue weighted by molar-refractivity contribution is -0.245. The highest BCUT2D eigenvalue weighted by molar-refractivity contribution is 6.52. The van der Waals surface area contributed by atoms with Crippen molar-refractivity contribution in [3.05, 3.63) is 22.2 Å². The van der Waals surface area contributed by atoms with E-state index in [0.717, 1.165) is 6.42 Å². The van der Waals surface area contributed by atoms with E-state index in [9.17, 15) is 0 Å². The number of hydrogen-bond acceptors (Lipinski definition) is 2. The molecule has 0 unspecified atom stereocenters. The molecule has 20 heavy (non-hydrogen) atoms. The molecular formula is C14H16Cl4O2. The normalized spacial score (nSPS) is 44.5. The maximum atomic E-state index is 6.96. The average molecular weight is 358 g/mol. The van der Waals surface area contributed by atoms with Gasteiger partial charge in [-0.15, -0.1) is 23.2 Å². The SMILES string of the molecule is CCOC1(OCC)[C@@]2(Cl)C(Cl)=C(Cl)[C@@]1(Cl)[C@H]1C=CC[C@H]12. The molecule has 1 saturated carbocycles. The van der Waals surface area contributed by atoms with Gasteiger partial charge in [0.05, 0.1) is 10.1 Å². The molecule has 2 bridgehead atoms. The number of fused-ring (bicyclic) bond motifs is 5. The van der Waals surface area contributed by atoms with E-state index in [-0.39, 0.29) is 11.8 Å². The van der Waals surface area contributed by atoms with Crippen LogP contribution in [0.1, 0.15) is 20.3 Å². The molecule has 0 N–H and O–H groups in total. The minimum atomic E-state index is -1.22. The second-order valence-electron chi connectivity index (χ2n) is 5.33. The second kappa shape index (κ2) is 4.78. The van der Waals surface area contributed by atoms with Crippen LogP contribution in [0.5, 0.6) is 0 Å². The largest absolute Gasteiger partial charge is 0.346 e. The summed E-state index contributed by atoms with van der Waals surface area (Å²) in [5.74, 6) is -1.22. The fraction of sp³-hybridized carbons (Fsp3) is 0.714. The highest BCUT2D eigenvalue weighted by atomic mass is 35.5. The van der Waals surface area contributed by atoms with Crippen molar-refractivity contribution in [2.75, 3.05) is 13.2 Å². The van der Waals surface area contributed by atoms with Gasteiger partial charge in [-0.25, -0.2) is 0 Å². The summed E-state index contributed by atoms with van der Waals surface area (Å²) in [6.07, 6.45) is 4.93. The summed E-state index contributed by atoms with van der Waals surface area (Å²) >= 11 is 26.8. The highest BCUT2D eigenvalue weighted by Crippen LogP contribution is 2.75. The number of rotatable bonds is 4. The molecule has 112 valence electrons. The van der Waals surface area contributed by atoms with Crippen LogP contribution < -0.4 is 0 Å². The Bertz CT molecular complexity index is 497. The first-order chi connectivity index (χ1) is 9.41. The van der Waals surface area contributed by atoms with Gasteiger partial charge in [0.25, 0.3) is 0 Å². The predicted molar refractivity (Wildman–Crippen MR) is 82.6 cm³/mol. The van der Waals surface area contributed by atoms with Crippen LogP contribution in [0.15, 0.2) is 22.2 Å². The Morgan fingerprint density at radius 3 is 2.20 bits per heavy atom. The van der Waals surface area contributed by atoms with E-state index in [1.54, 1.807) is 0 Å². The van der Waals surface area contributed by atoms with E-state index in [0.29, 0.717) is 23.3 Å². The fourth-order valence-corrected chi connectivity index (χ4v) is 6.10. The van der Waals surface area contributed by atoms with Gasteiger partial charge in [-0.1, -0.05) is 35.4 Å². The Kier molecular flexibility index (Phi) is 3.69. The first-order valence-corrected chi connectivity index (χ1v) is 8.31. The maximum absolute atomic E-state index is 6.96. The Balaban J connectivity index is 2.25. The van der Waals surface area contributed by atoms with Gasteiger partial charge in [0.1, 0.15) is 9.75 Å². The van der Waals surface area contributed by atoms with Crippen LogP contribution in [0, 0.1) is 11.8 Å². The number of hydrogen-bond donors (Lipinski definition) is 0. The quantitative estimate of drug-likeness (QED) is 0.415. The molecular weight excluding hydrogens is 342 g/mol. The average Bonchev–Trinajstić information content (AvgIpc) is 2.99. The maximum Gasteiger partial charge on any atom is 0.218 e. The third-order valence-corrected chi connectivity index (χ3v) is 7.29. The van der Waals surface area contributed by atoms with Crippen molar-refractivity contribution in [3.63, 3.8) is 0 Å². The van der Waals surface area contributed by atoms with Crippen LogP contribution in [0.4, 0.5) is 0 Å². The Morgan fingerprint density at radius 2 is 1.65 bits per heavy atom. The van der Waals surface area contributed by atoms with Gasteiger partial charge in [-0.05, 0) is 20.3 Å². The van der Waals surface area contributed by atoms with Gasteiger partial charge >= 0.3 is 0 Å². The molecule has 0 aromatic carbocycles. The van der Waals surface area contributed by atoms with Gasteiger partial charge < -0.3 is 9.47 Å². The van der Waals surface area contributed by atoms with Crippen LogP contribution in [0.2, 0.25) is 0 Å². The highest BCUT2D eigenvalue weighted by Gasteiger charge is 2.84. The van der Waals surface area contributed by atoms with Crippen LogP contribution >= 0.6 is 46.4 Å². The van der Waals surface area contributed by atoms with Gasteiger partial charge in [0, 0.05) is 25.0 Å². The first kappa shape index (κ1) is 15.5. The number of alkyl halides is 2. The van der Waals surface area contributed by atoms with Crippen molar-refractivity contribution in [2.24, 2.45) is 11.8 Å². The molecule has 0 spiro atoms. The van der Waals surface area contributed by atoms with Crippen LogP contribution in [0.3, 0.4) is 0 Å². The molecule has 3 aliphatic carbocycles. The van der Waals surface area contributed by atoms with Crippen molar-refractivity contribution in [2.45, 2.75) is 35.8 Å². The van der Waals surface area contributed by atoms with Gasteiger partial charge in [0.15, 0.2) is 0 Å². The zero-order valence-electron chi connectivity index (χ0n) is 11.3. The third kappa shape index (κ3) is 1.37. The smallest absolute Gasteiger partial charge is 0.218 e. The predicted octanol–water partition coefficient (Wildman–Crippen LogP) is 4.62. The molecule has 0 aromatic rings. The van der Waals surface area contributed by atoms with E-state index in [4.69, 9.17) is 55.9 Å². The fourth-order valence-electron chi connectivity index (χ4n) is 3.99. The lowest BCUT2D eigenvalue weighted by atomic mass is 9.84. The van der Waals surface area contributed by atoms with Crippen LogP contribution in [-0.4, -0.2) is 28.7 Å².